The Kier molecular flexibility index (Phi) is 9.21. The molecule has 0 aromatic rings. The lowest BCUT2D eigenvalue weighted by atomic mass is 10.2. The van der Waals surface area contributed by atoms with Crippen LogP contribution in [0.25, 0.3) is 0 Å². The van der Waals surface area contributed by atoms with Crippen LogP contribution in [0.1, 0.15) is 13.3 Å². The molecule has 0 aliphatic rings. The monoisotopic (exact) mass is 266 g/mol. The lowest BCUT2D eigenvalue weighted by Gasteiger charge is -2.23. The van der Waals surface area contributed by atoms with Gasteiger partial charge in [0.25, 0.3) is 0 Å². The van der Waals surface area contributed by atoms with Crippen LogP contribution in [0.15, 0.2) is 0 Å². The number of thioether (sulfide) groups is 2. The molecule has 0 spiro atoms. The van der Waals surface area contributed by atoms with Gasteiger partial charge in [0.1, 0.15) is 0 Å². The van der Waals surface area contributed by atoms with E-state index in [4.69, 9.17) is 10.8 Å². The first-order valence-corrected chi connectivity index (χ1v) is 7.93. The van der Waals surface area contributed by atoms with Crippen LogP contribution in [0.2, 0.25) is 0 Å². The van der Waals surface area contributed by atoms with Crippen molar-refractivity contribution in [2.75, 3.05) is 24.9 Å². The molecule has 3 atom stereocenters. The molecule has 0 heterocycles. The average molecular weight is 266 g/mol. The Labute approximate surface area is 106 Å². The third kappa shape index (κ3) is 5.98. The Hall–Kier alpha value is 0.0900. The van der Waals surface area contributed by atoms with Gasteiger partial charge in [-0.05, 0) is 31.6 Å². The van der Waals surface area contributed by atoms with Crippen LogP contribution in [0, 0.1) is 0 Å². The summed E-state index contributed by atoms with van der Waals surface area (Å²) in [5, 5.41) is 11.9. The van der Waals surface area contributed by atoms with Crippen LogP contribution < -0.4 is 11.1 Å². The predicted molar refractivity (Wildman–Crippen MR) is 73.0 cm³/mol. The fourth-order valence-electron chi connectivity index (χ4n) is 1.24. The summed E-state index contributed by atoms with van der Waals surface area (Å²) in [6.07, 6.45) is 4.59. The zero-order valence-corrected chi connectivity index (χ0v) is 11.7. The highest BCUT2D eigenvalue weighted by Gasteiger charge is 2.20. The molecule has 0 bridgehead atoms. The van der Waals surface area contributed by atoms with E-state index in [1.54, 1.807) is 11.8 Å². The number of amides is 1. The predicted octanol–water partition coefficient (Wildman–Crippen LogP) is 0.295. The number of rotatable bonds is 8. The van der Waals surface area contributed by atoms with Gasteiger partial charge in [0.05, 0.1) is 12.6 Å². The molecule has 1 amide bonds. The molecule has 4 N–H and O–H groups in total. The molecule has 4 nitrogen and oxygen atoms in total. The largest absolute Gasteiger partial charge is 0.395 e. The highest BCUT2D eigenvalue weighted by atomic mass is 32.2. The minimum atomic E-state index is -0.448. The third-order valence-electron chi connectivity index (χ3n) is 2.38. The van der Waals surface area contributed by atoms with E-state index in [1.165, 1.54) is 11.8 Å². The van der Waals surface area contributed by atoms with Crippen molar-refractivity contribution in [2.24, 2.45) is 5.73 Å². The molecule has 0 aromatic heterocycles. The molecule has 0 saturated heterocycles. The van der Waals surface area contributed by atoms with Gasteiger partial charge in [-0.2, -0.15) is 23.5 Å². The van der Waals surface area contributed by atoms with Gasteiger partial charge in [0.15, 0.2) is 0 Å². The van der Waals surface area contributed by atoms with Crippen LogP contribution in [0.5, 0.6) is 0 Å². The van der Waals surface area contributed by atoms with E-state index >= 15 is 0 Å². The number of carbonyl (C=O) groups is 1. The number of nitrogens with one attached hydrogen (secondary N) is 1. The first-order chi connectivity index (χ1) is 7.56. The van der Waals surface area contributed by atoms with Crippen molar-refractivity contribution in [3.05, 3.63) is 0 Å². The fourth-order valence-corrected chi connectivity index (χ4v) is 2.35. The van der Waals surface area contributed by atoms with Crippen molar-refractivity contribution in [1.29, 1.82) is 0 Å². The van der Waals surface area contributed by atoms with Gasteiger partial charge in [-0.15, -0.1) is 0 Å². The quantitative estimate of drug-likeness (QED) is 0.589. The second kappa shape index (κ2) is 9.15. The number of aliphatic hydroxyl groups is 1. The zero-order valence-electron chi connectivity index (χ0n) is 10.1. The first kappa shape index (κ1) is 16.1. The van der Waals surface area contributed by atoms with Gasteiger partial charge in [0.2, 0.25) is 5.91 Å². The molecule has 0 radical (unpaired) electrons. The Morgan fingerprint density at radius 3 is 2.56 bits per heavy atom. The highest BCUT2D eigenvalue weighted by molar-refractivity contribution is 7.99. The zero-order chi connectivity index (χ0) is 12.6. The van der Waals surface area contributed by atoms with Crippen molar-refractivity contribution >= 4 is 29.4 Å². The Bertz CT molecular complexity index is 201. The minimum Gasteiger partial charge on any atom is -0.395 e. The first-order valence-electron chi connectivity index (χ1n) is 5.25. The highest BCUT2D eigenvalue weighted by Crippen LogP contribution is 2.10. The summed E-state index contributed by atoms with van der Waals surface area (Å²) < 4.78 is 0. The summed E-state index contributed by atoms with van der Waals surface area (Å²) in [6, 6.07) is -0.510. The number of aliphatic hydroxyl groups excluding tert-OH is 1. The summed E-state index contributed by atoms with van der Waals surface area (Å²) in [5.74, 6) is 0.753. The molecule has 0 fully saturated rings. The number of hydrogen-bond acceptors (Lipinski definition) is 5. The van der Waals surface area contributed by atoms with Gasteiger partial charge in [-0.3, -0.25) is 4.79 Å². The van der Waals surface area contributed by atoms with E-state index in [2.05, 4.69) is 5.32 Å². The SMILES string of the molecule is CSCC[C@@H](N)C(=O)NC(C)C(CO)SC. The molecule has 16 heavy (non-hydrogen) atoms. The van der Waals surface area contributed by atoms with Gasteiger partial charge in [-0.1, -0.05) is 0 Å². The standard InChI is InChI=1S/C10H22N2O2S2/c1-7(9(6-13)16-3)12-10(14)8(11)4-5-15-2/h7-9,13H,4-6,11H2,1-3H3,(H,12,14)/t7?,8-,9?/m1/s1. The number of nitrogens with two attached hydrogens (primary N) is 1. The van der Waals surface area contributed by atoms with Crippen molar-refractivity contribution < 1.29 is 9.90 Å². The Morgan fingerprint density at radius 2 is 2.12 bits per heavy atom. The van der Waals surface area contributed by atoms with Crippen LogP contribution in [-0.2, 0) is 4.79 Å². The van der Waals surface area contributed by atoms with Crippen molar-refractivity contribution in [3.63, 3.8) is 0 Å². The number of carbonyl (C=O) groups excluding carboxylic acids is 1. The van der Waals surface area contributed by atoms with Crippen molar-refractivity contribution in [2.45, 2.75) is 30.7 Å². The number of hydrogen-bond donors (Lipinski definition) is 3. The van der Waals surface area contributed by atoms with Gasteiger partial charge < -0.3 is 16.2 Å². The smallest absolute Gasteiger partial charge is 0.237 e. The summed E-state index contributed by atoms with van der Waals surface area (Å²) in [4.78, 5) is 11.7. The maximum Gasteiger partial charge on any atom is 0.237 e. The molecule has 0 aliphatic carbocycles. The molecule has 0 aromatic carbocycles. The lowest BCUT2D eigenvalue weighted by Crippen LogP contribution is -2.48. The third-order valence-corrected chi connectivity index (χ3v) is 4.19. The lowest BCUT2D eigenvalue weighted by molar-refractivity contribution is -0.123. The molecule has 0 saturated carbocycles. The van der Waals surface area contributed by atoms with Crippen LogP contribution >= 0.6 is 23.5 Å². The molecular formula is C10H22N2O2S2. The second-order valence-electron chi connectivity index (χ2n) is 3.64. The van der Waals surface area contributed by atoms with E-state index in [0.717, 1.165) is 5.75 Å². The van der Waals surface area contributed by atoms with E-state index < -0.39 is 6.04 Å². The molecule has 2 unspecified atom stereocenters. The average Bonchev–Trinajstić information content (AvgIpc) is 2.27. The van der Waals surface area contributed by atoms with Crippen LogP contribution in [0.4, 0.5) is 0 Å². The molecular weight excluding hydrogens is 244 g/mol. The van der Waals surface area contributed by atoms with E-state index in [9.17, 15) is 4.79 Å². The second-order valence-corrected chi connectivity index (χ2v) is 5.70. The van der Waals surface area contributed by atoms with E-state index in [-0.39, 0.29) is 23.8 Å². The van der Waals surface area contributed by atoms with Gasteiger partial charge >= 0.3 is 0 Å². The van der Waals surface area contributed by atoms with Crippen LogP contribution in [0.3, 0.4) is 0 Å². The molecule has 6 heteroatoms. The molecule has 0 aliphatic heterocycles. The Balaban J connectivity index is 4.01. The van der Waals surface area contributed by atoms with Gasteiger partial charge in [-0.25, -0.2) is 0 Å². The van der Waals surface area contributed by atoms with Crippen molar-refractivity contribution in [1.82, 2.24) is 5.32 Å². The maximum atomic E-state index is 11.7. The minimum absolute atomic E-state index is 0.0247. The van der Waals surface area contributed by atoms with Crippen LogP contribution in [-0.4, -0.2) is 53.2 Å². The van der Waals surface area contributed by atoms with Gasteiger partial charge in [0, 0.05) is 11.3 Å². The summed E-state index contributed by atoms with van der Waals surface area (Å²) >= 11 is 3.22. The fraction of sp³-hybridized carbons (Fsp3) is 0.900. The Morgan fingerprint density at radius 1 is 1.50 bits per heavy atom. The molecule has 0 rings (SSSR count). The van der Waals surface area contributed by atoms with E-state index in [1.807, 2.05) is 19.4 Å². The normalized spacial score (nSPS) is 16.6. The molecule has 96 valence electrons. The topological polar surface area (TPSA) is 75.4 Å². The maximum absolute atomic E-state index is 11.7. The summed E-state index contributed by atoms with van der Waals surface area (Å²) in [6.45, 7) is 1.94. The van der Waals surface area contributed by atoms with Crippen molar-refractivity contribution in [3.8, 4) is 0 Å². The van der Waals surface area contributed by atoms with E-state index in [0.29, 0.717) is 6.42 Å². The summed E-state index contributed by atoms with van der Waals surface area (Å²) in [5.41, 5.74) is 5.74. The summed E-state index contributed by atoms with van der Waals surface area (Å²) in [7, 11) is 0.